The number of hydrogen-bond acceptors (Lipinski definition) is 4. The summed E-state index contributed by atoms with van der Waals surface area (Å²) in [4.78, 5) is 31.9. The highest BCUT2D eigenvalue weighted by Crippen LogP contribution is 2.35. The smallest absolute Gasteiger partial charge is 0.268 e. The molecule has 2 amide bonds. The summed E-state index contributed by atoms with van der Waals surface area (Å²) in [5, 5.41) is 0. The third kappa shape index (κ3) is 4.24. The molecule has 2 heterocycles. The van der Waals surface area contributed by atoms with Gasteiger partial charge in [-0.15, -0.1) is 0 Å². The molecule has 164 valence electrons. The fraction of sp³-hybridized carbons (Fsp3) is 0.440. The standard InChI is InChI=1S/C25H31N3O3/c1-5-22-25(30)28(21-15-18(3)7-9-23(21)31-22)16-24(29)27-12-10-26(11-13-27)20-14-17(2)6-8-19(20)4/h6-9,14-15,22H,5,10-13,16H2,1-4H3. The molecule has 31 heavy (non-hydrogen) atoms. The molecule has 0 aromatic heterocycles. The van der Waals surface area contributed by atoms with Gasteiger partial charge in [0.2, 0.25) is 5.91 Å². The van der Waals surface area contributed by atoms with Gasteiger partial charge in [-0.25, -0.2) is 0 Å². The van der Waals surface area contributed by atoms with E-state index in [0.29, 0.717) is 30.9 Å². The number of carbonyl (C=O) groups is 2. The topological polar surface area (TPSA) is 53.1 Å². The lowest BCUT2D eigenvalue weighted by molar-refractivity contribution is -0.133. The first-order valence-electron chi connectivity index (χ1n) is 11.1. The molecule has 4 rings (SSSR count). The molecule has 2 aromatic carbocycles. The first kappa shape index (κ1) is 21.2. The molecule has 0 bridgehead atoms. The zero-order chi connectivity index (χ0) is 22.1. The summed E-state index contributed by atoms with van der Waals surface area (Å²) < 4.78 is 5.87. The minimum atomic E-state index is -0.538. The van der Waals surface area contributed by atoms with Crippen LogP contribution in [0.25, 0.3) is 0 Å². The van der Waals surface area contributed by atoms with Crippen LogP contribution in [0.2, 0.25) is 0 Å². The lowest BCUT2D eigenvalue weighted by atomic mass is 10.1. The van der Waals surface area contributed by atoms with Crippen LogP contribution in [0.1, 0.15) is 30.0 Å². The molecule has 0 spiro atoms. The Bertz CT molecular complexity index is 996. The quantitative estimate of drug-likeness (QED) is 0.759. The van der Waals surface area contributed by atoms with Gasteiger partial charge in [-0.1, -0.05) is 25.1 Å². The first-order valence-corrected chi connectivity index (χ1v) is 11.1. The molecule has 1 fully saturated rings. The van der Waals surface area contributed by atoms with Gasteiger partial charge in [0.25, 0.3) is 5.91 Å². The molecule has 6 nitrogen and oxygen atoms in total. The van der Waals surface area contributed by atoms with E-state index in [-0.39, 0.29) is 18.4 Å². The normalized spacial score (nSPS) is 18.6. The van der Waals surface area contributed by atoms with Crippen molar-refractivity contribution in [3.05, 3.63) is 53.1 Å². The van der Waals surface area contributed by atoms with Crippen molar-refractivity contribution in [2.24, 2.45) is 0 Å². The predicted molar refractivity (Wildman–Crippen MR) is 123 cm³/mol. The van der Waals surface area contributed by atoms with Crippen molar-refractivity contribution in [1.29, 1.82) is 0 Å². The third-order valence-electron chi connectivity index (χ3n) is 6.22. The second-order valence-electron chi connectivity index (χ2n) is 8.57. The minimum absolute atomic E-state index is 0.0156. The van der Waals surface area contributed by atoms with Crippen molar-refractivity contribution in [3.63, 3.8) is 0 Å². The van der Waals surface area contributed by atoms with Crippen LogP contribution >= 0.6 is 0 Å². The zero-order valence-electron chi connectivity index (χ0n) is 18.9. The lowest BCUT2D eigenvalue weighted by Crippen LogP contribution is -2.54. The molecular formula is C25H31N3O3. The number of carbonyl (C=O) groups excluding carboxylic acids is 2. The van der Waals surface area contributed by atoms with Gasteiger partial charge in [0.1, 0.15) is 12.3 Å². The van der Waals surface area contributed by atoms with Crippen molar-refractivity contribution in [2.45, 2.75) is 40.2 Å². The van der Waals surface area contributed by atoms with Crippen LogP contribution in [0, 0.1) is 20.8 Å². The van der Waals surface area contributed by atoms with Crippen LogP contribution in [-0.2, 0) is 9.59 Å². The van der Waals surface area contributed by atoms with E-state index in [0.717, 1.165) is 18.7 Å². The Balaban J connectivity index is 1.46. The van der Waals surface area contributed by atoms with Gasteiger partial charge >= 0.3 is 0 Å². The van der Waals surface area contributed by atoms with E-state index in [1.807, 2.05) is 36.9 Å². The van der Waals surface area contributed by atoms with E-state index in [1.54, 1.807) is 4.90 Å². The Morgan fingerprint density at radius 3 is 2.29 bits per heavy atom. The maximum Gasteiger partial charge on any atom is 0.268 e. The zero-order valence-corrected chi connectivity index (χ0v) is 18.9. The number of aryl methyl sites for hydroxylation is 3. The van der Waals surface area contributed by atoms with Gasteiger partial charge in [0.15, 0.2) is 6.10 Å². The summed E-state index contributed by atoms with van der Waals surface area (Å²) in [6, 6.07) is 12.3. The minimum Gasteiger partial charge on any atom is -0.478 e. The van der Waals surface area contributed by atoms with E-state index in [9.17, 15) is 9.59 Å². The second-order valence-corrected chi connectivity index (χ2v) is 8.57. The number of nitrogens with zero attached hydrogens (tertiary/aromatic N) is 3. The van der Waals surface area contributed by atoms with Crippen LogP contribution in [-0.4, -0.2) is 55.5 Å². The van der Waals surface area contributed by atoms with Gasteiger partial charge in [-0.3, -0.25) is 14.5 Å². The molecule has 0 N–H and O–H groups in total. The Hall–Kier alpha value is -3.02. The van der Waals surface area contributed by atoms with E-state index in [2.05, 4.69) is 36.9 Å². The SMILES string of the molecule is CCC1Oc2ccc(C)cc2N(CC(=O)N2CCN(c3cc(C)ccc3C)CC2)C1=O. The summed E-state index contributed by atoms with van der Waals surface area (Å²) in [6.45, 7) is 11.1. The van der Waals surface area contributed by atoms with Crippen molar-refractivity contribution in [2.75, 3.05) is 42.5 Å². The largest absolute Gasteiger partial charge is 0.478 e. The van der Waals surface area contributed by atoms with Gasteiger partial charge in [0, 0.05) is 31.9 Å². The monoisotopic (exact) mass is 421 g/mol. The molecule has 1 unspecified atom stereocenters. The highest BCUT2D eigenvalue weighted by Gasteiger charge is 2.35. The van der Waals surface area contributed by atoms with Crippen LogP contribution in [0.15, 0.2) is 36.4 Å². The maximum atomic E-state index is 13.1. The highest BCUT2D eigenvalue weighted by atomic mass is 16.5. The highest BCUT2D eigenvalue weighted by molar-refractivity contribution is 6.04. The number of hydrogen-bond donors (Lipinski definition) is 0. The van der Waals surface area contributed by atoms with Crippen molar-refractivity contribution in [3.8, 4) is 5.75 Å². The Morgan fingerprint density at radius 1 is 0.968 bits per heavy atom. The molecule has 1 atom stereocenters. The number of anilines is 2. The molecule has 1 saturated heterocycles. The average Bonchev–Trinajstić information content (AvgIpc) is 2.77. The van der Waals surface area contributed by atoms with Crippen LogP contribution in [0.4, 0.5) is 11.4 Å². The Morgan fingerprint density at radius 2 is 1.61 bits per heavy atom. The molecule has 0 radical (unpaired) electrons. The molecule has 0 aliphatic carbocycles. The summed E-state index contributed by atoms with van der Waals surface area (Å²) in [5.41, 5.74) is 5.46. The number of rotatable bonds is 4. The molecule has 2 aliphatic rings. The number of piperazine rings is 1. The fourth-order valence-electron chi connectivity index (χ4n) is 4.35. The number of amides is 2. The average molecular weight is 422 g/mol. The summed E-state index contributed by atoms with van der Waals surface area (Å²) in [5.74, 6) is 0.519. The van der Waals surface area contributed by atoms with E-state index >= 15 is 0 Å². The van der Waals surface area contributed by atoms with E-state index in [4.69, 9.17) is 4.74 Å². The molecule has 2 aromatic rings. The lowest BCUT2D eigenvalue weighted by Gasteiger charge is -2.39. The summed E-state index contributed by atoms with van der Waals surface area (Å²) in [7, 11) is 0. The summed E-state index contributed by atoms with van der Waals surface area (Å²) in [6.07, 6.45) is 0.0369. The first-order chi connectivity index (χ1) is 14.9. The number of benzene rings is 2. The van der Waals surface area contributed by atoms with Crippen molar-refractivity contribution >= 4 is 23.2 Å². The second kappa shape index (κ2) is 8.61. The van der Waals surface area contributed by atoms with Crippen LogP contribution in [0.3, 0.4) is 0 Å². The predicted octanol–water partition coefficient (Wildman–Crippen LogP) is 3.46. The van der Waals surface area contributed by atoms with Gasteiger partial charge in [-0.2, -0.15) is 0 Å². The van der Waals surface area contributed by atoms with E-state index in [1.165, 1.54) is 16.8 Å². The fourth-order valence-corrected chi connectivity index (χ4v) is 4.35. The van der Waals surface area contributed by atoms with Crippen molar-refractivity contribution < 1.29 is 14.3 Å². The number of ether oxygens (including phenoxy) is 1. The summed E-state index contributed by atoms with van der Waals surface area (Å²) >= 11 is 0. The van der Waals surface area contributed by atoms with Crippen LogP contribution < -0.4 is 14.5 Å². The van der Waals surface area contributed by atoms with Crippen LogP contribution in [0.5, 0.6) is 5.75 Å². The molecule has 0 saturated carbocycles. The van der Waals surface area contributed by atoms with Gasteiger partial charge in [0.05, 0.1) is 5.69 Å². The molecule has 2 aliphatic heterocycles. The third-order valence-corrected chi connectivity index (χ3v) is 6.22. The van der Waals surface area contributed by atoms with Gasteiger partial charge < -0.3 is 14.5 Å². The maximum absolute atomic E-state index is 13.1. The Labute approximate surface area is 184 Å². The Kier molecular flexibility index (Phi) is 5.90. The van der Waals surface area contributed by atoms with Crippen molar-refractivity contribution in [1.82, 2.24) is 4.90 Å². The van der Waals surface area contributed by atoms with Gasteiger partial charge in [-0.05, 0) is 62.1 Å². The van der Waals surface area contributed by atoms with E-state index < -0.39 is 6.10 Å². The molecular weight excluding hydrogens is 390 g/mol. The molecule has 6 heteroatoms. The number of fused-ring (bicyclic) bond motifs is 1.